The SMILES string of the molecule is C[N-]C=O.[Y]. The molecule has 2 nitrogen and oxygen atoms in total. The van der Waals surface area contributed by atoms with Gasteiger partial charge >= 0.3 is 0 Å². The molecule has 0 heterocycles. The molecule has 0 unspecified atom stereocenters. The van der Waals surface area contributed by atoms with Crippen LogP contribution in [-0.2, 0) is 37.5 Å². The Morgan fingerprint density at radius 1 is 1.80 bits per heavy atom. The minimum atomic E-state index is 0. The second kappa shape index (κ2) is 8.82. The third kappa shape index (κ3) is 12.2. The van der Waals surface area contributed by atoms with Gasteiger partial charge in [0, 0.05) is 39.1 Å². The molecule has 0 atom stereocenters. The fourth-order valence-electron chi connectivity index (χ4n) is 0. The minimum Gasteiger partial charge on any atom is -0.659 e. The number of carbonyl (C=O) groups is 1. The van der Waals surface area contributed by atoms with E-state index in [1.54, 1.807) is 0 Å². The number of hydrogen-bond acceptors (Lipinski definition) is 1. The van der Waals surface area contributed by atoms with Gasteiger partial charge in [0.1, 0.15) is 0 Å². The van der Waals surface area contributed by atoms with Crippen molar-refractivity contribution in [2.75, 3.05) is 7.05 Å². The smallest absolute Gasteiger partial charge is 0.0366 e. The molecule has 1 radical (unpaired) electrons. The average molecular weight is 147 g/mol. The summed E-state index contributed by atoms with van der Waals surface area (Å²) in [7, 11) is 1.44. The second-order valence-electron chi connectivity index (χ2n) is 0.364. The molecule has 0 N–H and O–H groups in total. The normalized spacial score (nSPS) is 4.20. The third-order valence-electron chi connectivity index (χ3n) is 0.105. The van der Waals surface area contributed by atoms with Crippen molar-refractivity contribution >= 4 is 6.41 Å². The van der Waals surface area contributed by atoms with Gasteiger partial charge in [0.25, 0.3) is 0 Å². The number of nitrogens with zero attached hydrogens (tertiary/aromatic N) is 1. The predicted octanol–water partition coefficient (Wildman–Crippen LogP) is 0.144. The maximum atomic E-state index is 9.01. The summed E-state index contributed by atoms with van der Waals surface area (Å²) < 4.78 is 0. The van der Waals surface area contributed by atoms with Crippen LogP contribution in [0.4, 0.5) is 0 Å². The molecule has 5 heavy (non-hydrogen) atoms. The van der Waals surface area contributed by atoms with Crippen LogP contribution in [0.5, 0.6) is 0 Å². The zero-order valence-electron chi connectivity index (χ0n) is 3.01. The summed E-state index contributed by atoms with van der Waals surface area (Å²) in [4.78, 5) is 9.01. The Balaban J connectivity index is 0. The largest absolute Gasteiger partial charge is 0.659 e. The number of hydrogen-bond donors (Lipinski definition) is 0. The van der Waals surface area contributed by atoms with Gasteiger partial charge in [-0.1, -0.05) is 0 Å². The first-order valence-corrected chi connectivity index (χ1v) is 0.941. The molecule has 0 bridgehead atoms. The van der Waals surface area contributed by atoms with Crippen molar-refractivity contribution in [3.8, 4) is 0 Å². The Bertz CT molecular complexity index is 23.6. The molecule has 3 heteroatoms. The Kier molecular flexibility index (Phi) is 16.1. The first kappa shape index (κ1) is 9.13. The molecule has 0 spiro atoms. The fraction of sp³-hybridized carbons (Fsp3) is 0.500. The molecule has 0 aliphatic heterocycles. The van der Waals surface area contributed by atoms with Gasteiger partial charge < -0.3 is 10.1 Å². The molecule has 0 saturated heterocycles. The first-order chi connectivity index (χ1) is 1.91. The Morgan fingerprint density at radius 3 is 2.00 bits per heavy atom. The van der Waals surface area contributed by atoms with Gasteiger partial charge in [0.15, 0.2) is 0 Å². The molecule has 0 aliphatic rings. The van der Waals surface area contributed by atoms with E-state index in [-0.39, 0.29) is 32.7 Å². The summed E-state index contributed by atoms with van der Waals surface area (Å²) in [6.45, 7) is 0. The van der Waals surface area contributed by atoms with Crippen LogP contribution in [0.1, 0.15) is 0 Å². The monoisotopic (exact) mass is 147 g/mol. The fourth-order valence-corrected chi connectivity index (χ4v) is 0. The zero-order valence-corrected chi connectivity index (χ0v) is 5.85. The minimum absolute atomic E-state index is 0. The Morgan fingerprint density at radius 2 is 2.00 bits per heavy atom. The quantitative estimate of drug-likeness (QED) is 0.485. The first-order valence-electron chi connectivity index (χ1n) is 0.941. The van der Waals surface area contributed by atoms with Gasteiger partial charge in [0.05, 0.1) is 0 Å². The topological polar surface area (TPSA) is 31.2 Å². The second-order valence-corrected chi connectivity index (χ2v) is 0.364. The van der Waals surface area contributed by atoms with Crippen molar-refractivity contribution in [1.29, 1.82) is 0 Å². The van der Waals surface area contributed by atoms with Crippen LogP contribution in [0.3, 0.4) is 0 Å². The molecule has 0 saturated carbocycles. The average Bonchev–Trinajstić information content (AvgIpc) is 1.37. The Hall–Kier alpha value is 0.574. The standard InChI is InChI=1S/C2H5NO.Y/c1-3-2-4;/h2H,1H3,(H,3,4);/p-1. The van der Waals surface area contributed by atoms with E-state index in [1.807, 2.05) is 0 Å². The van der Waals surface area contributed by atoms with E-state index in [9.17, 15) is 0 Å². The van der Waals surface area contributed by atoms with Crippen molar-refractivity contribution in [1.82, 2.24) is 0 Å². The number of rotatable bonds is 1. The van der Waals surface area contributed by atoms with Crippen molar-refractivity contribution < 1.29 is 37.5 Å². The predicted molar refractivity (Wildman–Crippen MR) is 15.3 cm³/mol. The summed E-state index contributed by atoms with van der Waals surface area (Å²) in [6, 6.07) is 0. The maximum Gasteiger partial charge on any atom is 0.0366 e. The van der Waals surface area contributed by atoms with Gasteiger partial charge in [0.2, 0.25) is 0 Å². The molecule has 0 aromatic heterocycles. The number of amides is 1. The van der Waals surface area contributed by atoms with Crippen molar-refractivity contribution in [3.05, 3.63) is 5.32 Å². The van der Waals surface area contributed by atoms with Crippen LogP contribution in [0, 0.1) is 0 Å². The molecule has 0 rings (SSSR count). The van der Waals surface area contributed by atoms with Gasteiger partial charge in [-0.05, 0) is 0 Å². The van der Waals surface area contributed by atoms with E-state index in [2.05, 4.69) is 5.32 Å². The summed E-state index contributed by atoms with van der Waals surface area (Å²) in [5.41, 5.74) is 0. The van der Waals surface area contributed by atoms with Crippen molar-refractivity contribution in [2.45, 2.75) is 0 Å². The molecular formula is C2H4NOY-. The number of carbonyl (C=O) groups excluding carboxylic acids is 1. The van der Waals surface area contributed by atoms with Gasteiger partial charge in [-0.15, -0.1) is 7.05 Å². The van der Waals surface area contributed by atoms with Gasteiger partial charge in [-0.25, -0.2) is 0 Å². The van der Waals surface area contributed by atoms with Crippen LogP contribution in [0.2, 0.25) is 0 Å². The molecule has 0 aromatic carbocycles. The van der Waals surface area contributed by atoms with Crippen LogP contribution >= 0.6 is 0 Å². The van der Waals surface area contributed by atoms with Crippen LogP contribution in [-0.4, -0.2) is 13.5 Å². The molecule has 0 aromatic rings. The van der Waals surface area contributed by atoms with E-state index in [0.29, 0.717) is 6.41 Å². The summed E-state index contributed by atoms with van der Waals surface area (Å²) >= 11 is 0. The van der Waals surface area contributed by atoms with E-state index >= 15 is 0 Å². The van der Waals surface area contributed by atoms with E-state index in [1.165, 1.54) is 7.05 Å². The van der Waals surface area contributed by atoms with Crippen LogP contribution in [0.25, 0.3) is 5.32 Å². The Labute approximate surface area is 56.2 Å². The zero-order chi connectivity index (χ0) is 3.41. The van der Waals surface area contributed by atoms with Crippen LogP contribution in [0.15, 0.2) is 0 Å². The third-order valence-corrected chi connectivity index (χ3v) is 0.105. The van der Waals surface area contributed by atoms with E-state index in [4.69, 9.17) is 4.79 Å². The molecule has 0 aliphatic carbocycles. The van der Waals surface area contributed by atoms with Gasteiger partial charge in [-0.3, -0.25) is 0 Å². The maximum absolute atomic E-state index is 9.01. The summed E-state index contributed by atoms with van der Waals surface area (Å²) in [5, 5.41) is 3.06. The summed E-state index contributed by atoms with van der Waals surface area (Å²) in [5.74, 6) is 0. The van der Waals surface area contributed by atoms with Crippen molar-refractivity contribution in [2.24, 2.45) is 0 Å². The van der Waals surface area contributed by atoms with E-state index in [0.717, 1.165) is 0 Å². The molecular weight excluding hydrogens is 143 g/mol. The molecule has 27 valence electrons. The summed E-state index contributed by atoms with van der Waals surface area (Å²) in [6.07, 6.45) is 0.500. The van der Waals surface area contributed by atoms with Crippen molar-refractivity contribution in [3.63, 3.8) is 0 Å². The van der Waals surface area contributed by atoms with E-state index < -0.39 is 0 Å². The molecule has 0 fully saturated rings. The molecule has 1 amide bonds. The van der Waals surface area contributed by atoms with Crippen LogP contribution < -0.4 is 0 Å². The van der Waals surface area contributed by atoms with Gasteiger partial charge in [-0.2, -0.15) is 0 Å².